The summed E-state index contributed by atoms with van der Waals surface area (Å²) < 4.78 is 0. The molecule has 0 fully saturated rings. The molecule has 96 valence electrons. The largest absolute Gasteiger partial charge is 0.165 e. The van der Waals surface area contributed by atoms with E-state index in [4.69, 9.17) is 0 Å². The molecule has 0 N–H and O–H groups in total. The van der Waals surface area contributed by atoms with Crippen LogP contribution < -0.4 is 0 Å². The number of halogens is 2. The van der Waals surface area contributed by atoms with Crippen molar-refractivity contribution in [3.8, 4) is 0 Å². The van der Waals surface area contributed by atoms with Crippen LogP contribution in [0, 0.1) is 5.41 Å². The Kier molecular flexibility index (Phi) is 7.89. The lowest BCUT2D eigenvalue weighted by molar-refractivity contribution is 0.353. The van der Waals surface area contributed by atoms with E-state index < -0.39 is 0 Å². The molecule has 0 saturated carbocycles. The average molecular weight is 380 g/mol. The molecule has 1 rings (SSSR count). The van der Waals surface area contributed by atoms with Gasteiger partial charge < -0.3 is 0 Å². The quantitative estimate of drug-likeness (QED) is 0.444. The van der Waals surface area contributed by atoms with Crippen molar-refractivity contribution < 1.29 is 0 Å². The molecular weight excluding hydrogens is 360 g/mol. The van der Waals surface area contributed by atoms with Crippen LogP contribution in [0.5, 0.6) is 0 Å². The Morgan fingerprint density at radius 3 is 2.29 bits per heavy atom. The first-order valence-corrected chi connectivity index (χ1v) is 9.55. The SMILES string of the molecule is CSCCCC(CBr)(CBr)Cc1ccccc1. The predicted octanol–water partition coefficient (Wildman–Crippen LogP) is 5.15. The van der Waals surface area contributed by atoms with Gasteiger partial charge in [0.1, 0.15) is 0 Å². The zero-order chi connectivity index (χ0) is 12.6. The Morgan fingerprint density at radius 1 is 1.12 bits per heavy atom. The average Bonchev–Trinajstić information content (AvgIpc) is 2.39. The third-order valence-electron chi connectivity index (χ3n) is 3.04. The van der Waals surface area contributed by atoms with Gasteiger partial charge >= 0.3 is 0 Å². The summed E-state index contributed by atoms with van der Waals surface area (Å²) in [6, 6.07) is 10.8. The highest BCUT2D eigenvalue weighted by atomic mass is 79.9. The fraction of sp³-hybridized carbons (Fsp3) is 0.571. The molecule has 0 nitrogen and oxygen atoms in total. The number of hydrogen-bond acceptors (Lipinski definition) is 1. The third-order valence-corrected chi connectivity index (χ3v) is 6.12. The third kappa shape index (κ3) is 5.35. The van der Waals surface area contributed by atoms with Crippen LogP contribution in [0.15, 0.2) is 30.3 Å². The highest BCUT2D eigenvalue weighted by Gasteiger charge is 2.27. The molecule has 0 spiro atoms. The number of alkyl halides is 2. The van der Waals surface area contributed by atoms with Gasteiger partial charge in [-0.2, -0.15) is 11.8 Å². The lowest BCUT2D eigenvalue weighted by Gasteiger charge is -2.30. The molecule has 0 radical (unpaired) electrons. The molecule has 0 heterocycles. The van der Waals surface area contributed by atoms with Gasteiger partial charge in [-0.3, -0.25) is 0 Å². The Labute approximate surface area is 126 Å². The van der Waals surface area contributed by atoms with Gasteiger partial charge in [0.05, 0.1) is 0 Å². The standard InChI is InChI=1S/C14H20Br2S/c1-17-9-5-8-14(11-15,12-16)10-13-6-3-2-4-7-13/h2-4,6-7H,5,8-12H2,1H3. The number of thioether (sulfide) groups is 1. The molecule has 0 aliphatic carbocycles. The lowest BCUT2D eigenvalue weighted by Crippen LogP contribution is -2.28. The highest BCUT2D eigenvalue weighted by Crippen LogP contribution is 2.33. The first kappa shape index (κ1) is 15.6. The van der Waals surface area contributed by atoms with Crippen LogP contribution in [-0.4, -0.2) is 22.7 Å². The van der Waals surface area contributed by atoms with Gasteiger partial charge in [-0.05, 0) is 42.2 Å². The molecule has 0 bridgehead atoms. The fourth-order valence-electron chi connectivity index (χ4n) is 1.97. The molecule has 0 amide bonds. The normalized spacial score (nSPS) is 11.7. The van der Waals surface area contributed by atoms with E-state index in [1.165, 1.54) is 24.2 Å². The first-order chi connectivity index (χ1) is 8.26. The minimum Gasteiger partial charge on any atom is -0.165 e. The van der Waals surface area contributed by atoms with Crippen molar-refractivity contribution in [1.82, 2.24) is 0 Å². The first-order valence-electron chi connectivity index (χ1n) is 5.91. The van der Waals surface area contributed by atoms with E-state index in [0.717, 1.165) is 17.1 Å². The van der Waals surface area contributed by atoms with E-state index in [2.05, 4.69) is 68.4 Å². The van der Waals surface area contributed by atoms with Crippen LogP contribution in [0.3, 0.4) is 0 Å². The minimum atomic E-state index is 0.358. The Bertz CT molecular complexity index is 296. The molecule has 3 heteroatoms. The molecular formula is C14H20Br2S. The summed E-state index contributed by atoms with van der Waals surface area (Å²) in [4.78, 5) is 0. The maximum atomic E-state index is 3.71. The van der Waals surface area contributed by atoms with E-state index in [-0.39, 0.29) is 0 Å². The van der Waals surface area contributed by atoms with Crippen molar-refractivity contribution in [2.45, 2.75) is 19.3 Å². The van der Waals surface area contributed by atoms with Crippen LogP contribution in [-0.2, 0) is 6.42 Å². The maximum Gasteiger partial charge on any atom is 0.00991 e. The van der Waals surface area contributed by atoms with Gasteiger partial charge in [-0.1, -0.05) is 62.2 Å². The second kappa shape index (κ2) is 8.60. The van der Waals surface area contributed by atoms with Crippen molar-refractivity contribution in [1.29, 1.82) is 0 Å². The van der Waals surface area contributed by atoms with Gasteiger partial charge in [-0.25, -0.2) is 0 Å². The molecule has 1 aromatic carbocycles. The Hall–Kier alpha value is 0.530. The fourth-order valence-corrected chi connectivity index (χ4v) is 4.29. The lowest BCUT2D eigenvalue weighted by atomic mass is 9.82. The van der Waals surface area contributed by atoms with Crippen molar-refractivity contribution >= 4 is 43.6 Å². The highest BCUT2D eigenvalue weighted by molar-refractivity contribution is 9.09. The van der Waals surface area contributed by atoms with Gasteiger partial charge in [0, 0.05) is 10.7 Å². The van der Waals surface area contributed by atoms with E-state index in [9.17, 15) is 0 Å². The summed E-state index contributed by atoms with van der Waals surface area (Å²) in [5.41, 5.74) is 1.80. The summed E-state index contributed by atoms with van der Waals surface area (Å²) in [6.07, 6.45) is 5.91. The van der Waals surface area contributed by atoms with Gasteiger partial charge in [0.15, 0.2) is 0 Å². The van der Waals surface area contributed by atoms with Crippen LogP contribution in [0.1, 0.15) is 18.4 Å². The van der Waals surface area contributed by atoms with Crippen LogP contribution in [0.25, 0.3) is 0 Å². The summed E-state index contributed by atoms with van der Waals surface area (Å²) in [5, 5.41) is 2.13. The molecule has 0 atom stereocenters. The number of rotatable bonds is 8. The van der Waals surface area contributed by atoms with Crippen molar-refractivity contribution in [2.75, 3.05) is 22.7 Å². The van der Waals surface area contributed by atoms with Crippen LogP contribution in [0.4, 0.5) is 0 Å². The molecule has 0 aliphatic heterocycles. The van der Waals surface area contributed by atoms with Gasteiger partial charge in [0.25, 0.3) is 0 Å². The molecule has 0 aliphatic rings. The zero-order valence-corrected chi connectivity index (χ0v) is 14.3. The molecule has 0 unspecified atom stereocenters. The summed E-state index contributed by atoms with van der Waals surface area (Å²) in [5.74, 6) is 1.26. The van der Waals surface area contributed by atoms with E-state index in [1.807, 2.05) is 11.8 Å². The van der Waals surface area contributed by atoms with Crippen molar-refractivity contribution in [3.05, 3.63) is 35.9 Å². The molecule has 1 aromatic rings. The van der Waals surface area contributed by atoms with Gasteiger partial charge in [0.2, 0.25) is 0 Å². The smallest absolute Gasteiger partial charge is 0.00991 e. The minimum absolute atomic E-state index is 0.358. The van der Waals surface area contributed by atoms with Crippen molar-refractivity contribution in [2.24, 2.45) is 5.41 Å². The summed E-state index contributed by atoms with van der Waals surface area (Å²) in [6.45, 7) is 0. The Balaban J connectivity index is 2.63. The van der Waals surface area contributed by atoms with Gasteiger partial charge in [-0.15, -0.1) is 0 Å². The predicted molar refractivity (Wildman–Crippen MR) is 87.8 cm³/mol. The molecule has 0 aromatic heterocycles. The maximum absolute atomic E-state index is 3.71. The van der Waals surface area contributed by atoms with E-state index >= 15 is 0 Å². The number of hydrogen-bond donors (Lipinski definition) is 0. The summed E-state index contributed by atoms with van der Waals surface area (Å²) in [7, 11) is 0. The summed E-state index contributed by atoms with van der Waals surface area (Å²) >= 11 is 9.35. The second-order valence-electron chi connectivity index (χ2n) is 4.53. The van der Waals surface area contributed by atoms with Crippen LogP contribution in [0.2, 0.25) is 0 Å². The van der Waals surface area contributed by atoms with Crippen LogP contribution >= 0.6 is 43.6 Å². The molecule has 17 heavy (non-hydrogen) atoms. The number of benzene rings is 1. The monoisotopic (exact) mass is 378 g/mol. The van der Waals surface area contributed by atoms with E-state index in [0.29, 0.717) is 5.41 Å². The second-order valence-corrected chi connectivity index (χ2v) is 6.63. The zero-order valence-electron chi connectivity index (χ0n) is 10.3. The van der Waals surface area contributed by atoms with E-state index in [1.54, 1.807) is 0 Å². The topological polar surface area (TPSA) is 0 Å². The van der Waals surface area contributed by atoms with Crippen molar-refractivity contribution in [3.63, 3.8) is 0 Å². The Morgan fingerprint density at radius 2 is 1.76 bits per heavy atom. The molecule has 0 saturated heterocycles.